The van der Waals surface area contributed by atoms with Crippen LogP contribution in [0.2, 0.25) is 5.02 Å². The molecule has 0 atom stereocenters. The maximum Gasteiger partial charge on any atom is 0.262 e. The quantitative estimate of drug-likeness (QED) is 0.622. The number of halogens is 2. The lowest BCUT2D eigenvalue weighted by Crippen LogP contribution is -2.17. The van der Waals surface area contributed by atoms with Gasteiger partial charge in [0.1, 0.15) is 5.82 Å². The van der Waals surface area contributed by atoms with Gasteiger partial charge in [-0.1, -0.05) is 41.9 Å². The van der Waals surface area contributed by atoms with E-state index in [1.165, 1.54) is 30.3 Å². The molecule has 0 saturated carbocycles. The first kappa shape index (κ1) is 19.9. The summed E-state index contributed by atoms with van der Waals surface area (Å²) in [5.74, 6) is -1.34. The molecule has 0 unspecified atom stereocenters. The molecule has 0 radical (unpaired) electrons. The number of amides is 1. The van der Waals surface area contributed by atoms with E-state index in [1.54, 1.807) is 43.3 Å². The van der Waals surface area contributed by atoms with Crippen molar-refractivity contribution in [1.29, 1.82) is 0 Å². The Balaban J connectivity index is 1.90. The van der Waals surface area contributed by atoms with Gasteiger partial charge in [-0.2, -0.15) is 0 Å². The maximum absolute atomic E-state index is 13.8. The summed E-state index contributed by atoms with van der Waals surface area (Å²) in [7, 11) is -3.96. The van der Waals surface area contributed by atoms with Crippen LogP contribution in [-0.4, -0.2) is 14.3 Å². The van der Waals surface area contributed by atoms with E-state index < -0.39 is 21.7 Å². The molecular formula is C20H16ClFN2O3S. The molecule has 0 aliphatic heterocycles. The number of hydrogen-bond donors (Lipinski definition) is 2. The molecule has 2 N–H and O–H groups in total. The summed E-state index contributed by atoms with van der Waals surface area (Å²) >= 11 is 6.02. The average Bonchev–Trinajstić information content (AvgIpc) is 2.65. The zero-order chi connectivity index (χ0) is 20.3. The fourth-order valence-electron chi connectivity index (χ4n) is 2.55. The minimum Gasteiger partial charge on any atom is -0.322 e. The Morgan fingerprint density at radius 2 is 1.68 bits per heavy atom. The van der Waals surface area contributed by atoms with E-state index >= 15 is 0 Å². The predicted octanol–water partition coefficient (Wildman–Crippen LogP) is 4.84. The zero-order valence-electron chi connectivity index (χ0n) is 14.7. The highest BCUT2D eigenvalue weighted by molar-refractivity contribution is 7.92. The molecular weight excluding hydrogens is 403 g/mol. The van der Waals surface area contributed by atoms with Gasteiger partial charge in [-0.15, -0.1) is 0 Å². The standard InChI is InChI=1S/C20H16ClFN2O3S/c1-13-10-11-14(23-20(25)15-6-2-4-8-17(15)22)12-19(13)28(26,27)24-18-9-5-3-7-16(18)21/h2-12,24H,1H3,(H,23,25). The first-order valence-corrected chi connectivity index (χ1v) is 10.1. The molecule has 8 heteroatoms. The van der Waals surface area contributed by atoms with Crippen LogP contribution in [0, 0.1) is 12.7 Å². The van der Waals surface area contributed by atoms with Crippen molar-refractivity contribution in [1.82, 2.24) is 0 Å². The number of sulfonamides is 1. The van der Waals surface area contributed by atoms with Crippen LogP contribution in [0.1, 0.15) is 15.9 Å². The van der Waals surface area contributed by atoms with Gasteiger partial charge in [0, 0.05) is 5.69 Å². The van der Waals surface area contributed by atoms with Crippen molar-refractivity contribution in [2.24, 2.45) is 0 Å². The van der Waals surface area contributed by atoms with Gasteiger partial charge >= 0.3 is 0 Å². The summed E-state index contributed by atoms with van der Waals surface area (Å²) in [5.41, 5.74) is 0.799. The van der Waals surface area contributed by atoms with Gasteiger partial charge in [-0.25, -0.2) is 12.8 Å². The molecule has 0 fully saturated rings. The van der Waals surface area contributed by atoms with Gasteiger partial charge in [-0.05, 0) is 48.9 Å². The second-order valence-electron chi connectivity index (χ2n) is 6.00. The maximum atomic E-state index is 13.8. The summed E-state index contributed by atoms with van der Waals surface area (Å²) in [5, 5.41) is 2.77. The van der Waals surface area contributed by atoms with Crippen LogP contribution in [-0.2, 0) is 10.0 Å². The topological polar surface area (TPSA) is 75.3 Å². The van der Waals surface area contributed by atoms with E-state index in [0.717, 1.165) is 0 Å². The summed E-state index contributed by atoms with van der Waals surface area (Å²) in [6.07, 6.45) is 0. The molecule has 144 valence electrons. The number of para-hydroxylation sites is 1. The average molecular weight is 419 g/mol. The van der Waals surface area contributed by atoms with Crippen LogP contribution in [0.5, 0.6) is 0 Å². The molecule has 0 saturated heterocycles. The summed E-state index contributed by atoms with van der Waals surface area (Å²) in [6.45, 7) is 1.63. The smallest absolute Gasteiger partial charge is 0.262 e. The predicted molar refractivity (Wildman–Crippen MR) is 108 cm³/mol. The third-order valence-corrected chi connectivity index (χ3v) is 5.81. The van der Waals surface area contributed by atoms with Crippen molar-refractivity contribution in [2.75, 3.05) is 10.0 Å². The number of rotatable bonds is 5. The number of anilines is 2. The minimum atomic E-state index is -3.96. The first-order chi connectivity index (χ1) is 13.3. The van der Waals surface area contributed by atoms with Crippen molar-refractivity contribution in [3.63, 3.8) is 0 Å². The SMILES string of the molecule is Cc1ccc(NC(=O)c2ccccc2F)cc1S(=O)(=O)Nc1ccccc1Cl. The number of carbonyl (C=O) groups excluding carboxylic acids is 1. The number of benzene rings is 3. The Hall–Kier alpha value is -2.90. The van der Waals surface area contributed by atoms with Gasteiger partial charge in [0.15, 0.2) is 0 Å². The number of nitrogens with one attached hydrogen (secondary N) is 2. The zero-order valence-corrected chi connectivity index (χ0v) is 16.3. The molecule has 0 aliphatic rings. The van der Waals surface area contributed by atoms with E-state index in [1.807, 2.05) is 0 Å². The van der Waals surface area contributed by atoms with E-state index in [2.05, 4.69) is 10.0 Å². The molecule has 0 spiro atoms. The molecule has 0 aromatic heterocycles. The molecule has 5 nitrogen and oxygen atoms in total. The molecule has 28 heavy (non-hydrogen) atoms. The van der Waals surface area contributed by atoms with Gasteiger partial charge in [-0.3, -0.25) is 9.52 Å². The Labute approximate surface area is 167 Å². The Kier molecular flexibility index (Phi) is 5.67. The van der Waals surface area contributed by atoms with Gasteiger partial charge in [0.25, 0.3) is 15.9 Å². The van der Waals surface area contributed by atoms with Crippen molar-refractivity contribution in [2.45, 2.75) is 11.8 Å². The van der Waals surface area contributed by atoms with Crippen LogP contribution in [0.25, 0.3) is 0 Å². The largest absolute Gasteiger partial charge is 0.322 e. The monoisotopic (exact) mass is 418 g/mol. The van der Waals surface area contributed by atoms with Crippen molar-refractivity contribution < 1.29 is 17.6 Å². The Morgan fingerprint density at radius 3 is 2.39 bits per heavy atom. The van der Waals surface area contributed by atoms with Crippen LogP contribution >= 0.6 is 11.6 Å². The lowest BCUT2D eigenvalue weighted by Gasteiger charge is -2.13. The van der Waals surface area contributed by atoms with Gasteiger partial charge < -0.3 is 5.32 Å². The van der Waals surface area contributed by atoms with E-state index in [4.69, 9.17) is 11.6 Å². The minimum absolute atomic E-state index is 0.0289. The van der Waals surface area contributed by atoms with E-state index in [0.29, 0.717) is 5.56 Å². The van der Waals surface area contributed by atoms with Crippen molar-refractivity contribution in [3.8, 4) is 0 Å². The second-order valence-corrected chi connectivity index (χ2v) is 8.06. The lowest BCUT2D eigenvalue weighted by atomic mass is 10.2. The third-order valence-electron chi connectivity index (χ3n) is 3.97. The molecule has 3 aromatic carbocycles. The fourth-order valence-corrected chi connectivity index (χ4v) is 4.15. The van der Waals surface area contributed by atoms with Gasteiger partial charge in [0.05, 0.1) is 21.2 Å². The Morgan fingerprint density at radius 1 is 1.00 bits per heavy atom. The van der Waals surface area contributed by atoms with Crippen LogP contribution < -0.4 is 10.0 Å². The van der Waals surface area contributed by atoms with Crippen molar-refractivity contribution >= 4 is 38.9 Å². The third kappa shape index (κ3) is 4.32. The first-order valence-electron chi connectivity index (χ1n) is 8.22. The molecule has 0 heterocycles. The van der Waals surface area contributed by atoms with E-state index in [-0.39, 0.29) is 26.9 Å². The highest BCUT2D eigenvalue weighted by Crippen LogP contribution is 2.27. The molecule has 3 rings (SSSR count). The van der Waals surface area contributed by atoms with Crippen LogP contribution in [0.4, 0.5) is 15.8 Å². The van der Waals surface area contributed by atoms with Gasteiger partial charge in [0.2, 0.25) is 0 Å². The highest BCUT2D eigenvalue weighted by atomic mass is 35.5. The van der Waals surface area contributed by atoms with Crippen LogP contribution in [0.3, 0.4) is 0 Å². The molecule has 0 bridgehead atoms. The fraction of sp³-hybridized carbons (Fsp3) is 0.0500. The normalized spacial score (nSPS) is 11.1. The summed E-state index contributed by atoms with van der Waals surface area (Å²) < 4.78 is 41.8. The van der Waals surface area contributed by atoms with Crippen molar-refractivity contribution in [3.05, 3.63) is 88.7 Å². The lowest BCUT2D eigenvalue weighted by molar-refractivity contribution is 0.102. The van der Waals surface area contributed by atoms with E-state index in [9.17, 15) is 17.6 Å². The Bertz CT molecular complexity index is 1150. The second kappa shape index (κ2) is 8.00. The number of carbonyl (C=O) groups is 1. The number of aryl methyl sites for hydroxylation is 1. The molecule has 0 aliphatic carbocycles. The molecule has 1 amide bonds. The molecule has 3 aromatic rings. The van der Waals surface area contributed by atoms with Crippen LogP contribution in [0.15, 0.2) is 71.6 Å². The summed E-state index contributed by atoms with van der Waals surface area (Å²) in [4.78, 5) is 12.3. The highest BCUT2D eigenvalue weighted by Gasteiger charge is 2.20. The number of hydrogen-bond acceptors (Lipinski definition) is 3. The summed E-state index contributed by atoms with van der Waals surface area (Å²) in [6, 6.07) is 16.4.